The van der Waals surface area contributed by atoms with E-state index in [-0.39, 0.29) is 11.8 Å². The highest BCUT2D eigenvalue weighted by atomic mass is 32.1. The predicted molar refractivity (Wildman–Crippen MR) is 82.2 cm³/mol. The standard InChI is InChI=1S/C14H23N3O2S/c1-5-19-14(18)11-12(15)16-20-13(11)17-7-8(2)6-9(3)10(17)4/h8-10H,5-7H2,1-4H3,(H2,15,16). The van der Waals surface area contributed by atoms with E-state index in [9.17, 15) is 4.79 Å². The second-order valence-electron chi connectivity index (χ2n) is 5.68. The first-order valence-corrected chi connectivity index (χ1v) is 7.91. The summed E-state index contributed by atoms with van der Waals surface area (Å²) in [6, 6.07) is 0.374. The van der Waals surface area contributed by atoms with Crippen LogP contribution in [0.3, 0.4) is 0 Å². The van der Waals surface area contributed by atoms with E-state index in [2.05, 4.69) is 30.0 Å². The number of anilines is 2. The van der Waals surface area contributed by atoms with Gasteiger partial charge in [-0.15, -0.1) is 0 Å². The lowest BCUT2D eigenvalue weighted by Gasteiger charge is -2.41. The van der Waals surface area contributed by atoms with E-state index in [0.717, 1.165) is 11.5 Å². The van der Waals surface area contributed by atoms with E-state index >= 15 is 0 Å². The maximum atomic E-state index is 12.1. The number of nitrogens with zero attached hydrogens (tertiary/aromatic N) is 2. The Morgan fingerprint density at radius 3 is 2.85 bits per heavy atom. The van der Waals surface area contributed by atoms with Gasteiger partial charge in [0.25, 0.3) is 0 Å². The van der Waals surface area contributed by atoms with Crippen molar-refractivity contribution in [3.63, 3.8) is 0 Å². The molecule has 0 aromatic carbocycles. The van der Waals surface area contributed by atoms with Crippen LogP contribution in [0.25, 0.3) is 0 Å². The molecule has 2 rings (SSSR count). The van der Waals surface area contributed by atoms with Crippen molar-refractivity contribution in [1.29, 1.82) is 0 Å². The zero-order valence-electron chi connectivity index (χ0n) is 12.5. The molecule has 3 atom stereocenters. The highest BCUT2D eigenvalue weighted by Gasteiger charge is 2.33. The van der Waals surface area contributed by atoms with Crippen molar-refractivity contribution in [3.8, 4) is 0 Å². The minimum atomic E-state index is -0.369. The van der Waals surface area contributed by atoms with Gasteiger partial charge in [0.2, 0.25) is 0 Å². The zero-order valence-corrected chi connectivity index (χ0v) is 13.4. The average Bonchev–Trinajstić information content (AvgIpc) is 2.76. The van der Waals surface area contributed by atoms with Crippen LogP contribution in [0.1, 0.15) is 44.5 Å². The maximum absolute atomic E-state index is 12.1. The van der Waals surface area contributed by atoms with Crippen LogP contribution in [0.15, 0.2) is 0 Å². The second kappa shape index (κ2) is 5.99. The van der Waals surface area contributed by atoms with Crippen molar-refractivity contribution in [2.24, 2.45) is 11.8 Å². The van der Waals surface area contributed by atoms with Gasteiger partial charge in [-0.25, -0.2) is 4.79 Å². The predicted octanol–water partition coefficient (Wildman–Crippen LogP) is 2.77. The quantitative estimate of drug-likeness (QED) is 0.869. The Balaban J connectivity index is 2.34. The summed E-state index contributed by atoms with van der Waals surface area (Å²) in [4.78, 5) is 14.4. The number of hydrogen-bond acceptors (Lipinski definition) is 6. The molecule has 2 heterocycles. The Morgan fingerprint density at radius 2 is 2.20 bits per heavy atom. The summed E-state index contributed by atoms with van der Waals surface area (Å²) in [5.74, 6) is 1.09. The van der Waals surface area contributed by atoms with Gasteiger partial charge < -0.3 is 15.4 Å². The van der Waals surface area contributed by atoms with Gasteiger partial charge >= 0.3 is 5.97 Å². The van der Waals surface area contributed by atoms with Crippen LogP contribution in [0.4, 0.5) is 10.8 Å². The minimum absolute atomic E-state index is 0.279. The molecule has 0 spiro atoms. The first-order valence-electron chi connectivity index (χ1n) is 7.14. The lowest BCUT2D eigenvalue weighted by Crippen LogP contribution is -2.46. The zero-order chi connectivity index (χ0) is 14.9. The third-order valence-electron chi connectivity index (χ3n) is 4.04. The molecule has 2 N–H and O–H groups in total. The lowest BCUT2D eigenvalue weighted by molar-refractivity contribution is 0.0528. The van der Waals surface area contributed by atoms with Gasteiger partial charge in [-0.1, -0.05) is 13.8 Å². The summed E-state index contributed by atoms with van der Waals surface area (Å²) in [5, 5.41) is 0.854. The summed E-state index contributed by atoms with van der Waals surface area (Å²) in [6.07, 6.45) is 1.21. The maximum Gasteiger partial charge on any atom is 0.345 e. The molecule has 0 bridgehead atoms. The number of piperidine rings is 1. The molecule has 20 heavy (non-hydrogen) atoms. The smallest absolute Gasteiger partial charge is 0.345 e. The van der Waals surface area contributed by atoms with Crippen LogP contribution in [0.2, 0.25) is 0 Å². The number of carbonyl (C=O) groups excluding carboxylic acids is 1. The Kier molecular flexibility index (Phi) is 4.52. The third kappa shape index (κ3) is 2.75. The first-order chi connectivity index (χ1) is 9.45. The molecule has 0 saturated carbocycles. The molecule has 0 amide bonds. The normalized spacial score (nSPS) is 26.6. The van der Waals surface area contributed by atoms with Crippen LogP contribution in [0, 0.1) is 11.8 Å². The van der Waals surface area contributed by atoms with Gasteiger partial charge in [0.1, 0.15) is 10.6 Å². The topological polar surface area (TPSA) is 68.5 Å². The van der Waals surface area contributed by atoms with Crippen LogP contribution in [0.5, 0.6) is 0 Å². The van der Waals surface area contributed by atoms with Gasteiger partial charge in [0.15, 0.2) is 5.82 Å². The molecule has 3 unspecified atom stereocenters. The van der Waals surface area contributed by atoms with E-state index in [1.165, 1.54) is 18.0 Å². The van der Waals surface area contributed by atoms with Gasteiger partial charge in [-0.3, -0.25) is 0 Å². The summed E-state index contributed by atoms with van der Waals surface area (Å²) in [5.41, 5.74) is 6.30. The van der Waals surface area contributed by atoms with Gasteiger partial charge in [-0.2, -0.15) is 4.37 Å². The van der Waals surface area contributed by atoms with Crippen molar-refractivity contribution in [3.05, 3.63) is 5.56 Å². The molecule has 112 valence electrons. The Bertz CT molecular complexity index is 489. The highest BCUT2D eigenvalue weighted by molar-refractivity contribution is 7.11. The third-order valence-corrected chi connectivity index (χ3v) is 4.94. The Hall–Kier alpha value is -1.30. The number of aromatic nitrogens is 1. The van der Waals surface area contributed by atoms with Crippen molar-refractivity contribution in [2.75, 3.05) is 23.8 Å². The molecule has 1 saturated heterocycles. The molecule has 0 aliphatic carbocycles. The molecular weight excluding hydrogens is 274 g/mol. The SMILES string of the molecule is CCOC(=O)c1c(N)nsc1N1CC(C)CC(C)C1C. The number of nitrogens with two attached hydrogens (primary N) is 1. The fraction of sp³-hybridized carbons (Fsp3) is 0.714. The van der Waals surface area contributed by atoms with E-state index in [4.69, 9.17) is 10.5 Å². The molecule has 1 aliphatic heterocycles. The number of ether oxygens (including phenoxy) is 1. The van der Waals surface area contributed by atoms with Crippen LogP contribution in [-0.4, -0.2) is 29.5 Å². The fourth-order valence-corrected chi connectivity index (χ4v) is 3.77. The van der Waals surface area contributed by atoms with Crippen LogP contribution >= 0.6 is 11.5 Å². The van der Waals surface area contributed by atoms with Crippen molar-refractivity contribution >= 4 is 28.3 Å². The highest BCUT2D eigenvalue weighted by Crippen LogP contribution is 2.38. The molecule has 6 heteroatoms. The molecular formula is C14H23N3O2S. The molecule has 0 radical (unpaired) electrons. The van der Waals surface area contributed by atoms with E-state index in [1.807, 2.05) is 0 Å². The van der Waals surface area contributed by atoms with Crippen LogP contribution in [-0.2, 0) is 4.74 Å². The van der Waals surface area contributed by atoms with E-state index in [0.29, 0.717) is 30.0 Å². The molecule has 1 aliphatic rings. The molecule has 1 aromatic rings. The lowest BCUT2D eigenvalue weighted by atomic mass is 9.86. The monoisotopic (exact) mass is 297 g/mol. The number of rotatable bonds is 3. The molecule has 1 aromatic heterocycles. The van der Waals surface area contributed by atoms with Crippen molar-refractivity contribution < 1.29 is 9.53 Å². The van der Waals surface area contributed by atoms with Crippen LogP contribution < -0.4 is 10.6 Å². The largest absolute Gasteiger partial charge is 0.462 e. The van der Waals surface area contributed by atoms with Gasteiger partial charge in [-0.05, 0) is 43.6 Å². The second-order valence-corrected chi connectivity index (χ2v) is 6.43. The summed E-state index contributed by atoms with van der Waals surface area (Å²) in [7, 11) is 0. The first kappa shape index (κ1) is 15.1. The number of esters is 1. The summed E-state index contributed by atoms with van der Waals surface area (Å²) in [6.45, 7) is 9.75. The Morgan fingerprint density at radius 1 is 1.50 bits per heavy atom. The average molecular weight is 297 g/mol. The van der Waals surface area contributed by atoms with Crippen molar-refractivity contribution in [1.82, 2.24) is 4.37 Å². The van der Waals surface area contributed by atoms with E-state index in [1.54, 1.807) is 6.92 Å². The Labute approximate surface area is 124 Å². The van der Waals surface area contributed by atoms with E-state index < -0.39 is 0 Å². The minimum Gasteiger partial charge on any atom is -0.462 e. The summed E-state index contributed by atoms with van der Waals surface area (Å²) >= 11 is 1.29. The summed E-state index contributed by atoms with van der Waals surface area (Å²) < 4.78 is 9.27. The molecule has 1 fully saturated rings. The number of carbonyl (C=O) groups is 1. The molecule has 5 nitrogen and oxygen atoms in total. The van der Waals surface area contributed by atoms with Gasteiger partial charge in [0, 0.05) is 12.6 Å². The number of hydrogen-bond donors (Lipinski definition) is 1. The number of nitrogen functional groups attached to an aromatic ring is 1. The fourth-order valence-electron chi connectivity index (χ4n) is 2.87. The van der Waals surface area contributed by atoms with Gasteiger partial charge in [0.05, 0.1) is 6.61 Å². The van der Waals surface area contributed by atoms with Crippen molar-refractivity contribution in [2.45, 2.75) is 40.2 Å².